The SMILES string of the molecule is O=C(CCC(=O)Nc1ccccc1O)NCCc1ccccc1. The van der Waals surface area contributed by atoms with E-state index in [1.807, 2.05) is 30.3 Å². The van der Waals surface area contributed by atoms with Crippen molar-refractivity contribution >= 4 is 17.5 Å². The molecule has 0 saturated heterocycles. The second kappa shape index (κ2) is 8.58. The third kappa shape index (κ3) is 5.82. The van der Waals surface area contributed by atoms with Crippen LogP contribution >= 0.6 is 0 Å². The molecule has 2 rings (SSSR count). The summed E-state index contributed by atoms with van der Waals surface area (Å²) in [6, 6.07) is 16.4. The van der Waals surface area contributed by atoms with Crippen molar-refractivity contribution in [2.45, 2.75) is 19.3 Å². The van der Waals surface area contributed by atoms with Crippen LogP contribution in [0, 0.1) is 0 Å². The second-order valence-corrected chi connectivity index (χ2v) is 5.15. The normalized spacial score (nSPS) is 10.1. The van der Waals surface area contributed by atoms with Crippen LogP contribution in [0.15, 0.2) is 54.6 Å². The van der Waals surface area contributed by atoms with E-state index in [2.05, 4.69) is 10.6 Å². The van der Waals surface area contributed by atoms with Crippen molar-refractivity contribution in [2.24, 2.45) is 0 Å². The average molecular weight is 312 g/mol. The number of nitrogens with one attached hydrogen (secondary N) is 2. The second-order valence-electron chi connectivity index (χ2n) is 5.15. The minimum Gasteiger partial charge on any atom is -0.506 e. The standard InChI is InChI=1S/C18H20N2O3/c21-16-9-5-4-8-15(16)20-18(23)11-10-17(22)19-13-12-14-6-2-1-3-7-14/h1-9,21H,10-13H2,(H,19,22)(H,20,23). The zero-order chi connectivity index (χ0) is 16.5. The Bertz CT molecular complexity index is 656. The monoisotopic (exact) mass is 312 g/mol. The number of benzene rings is 2. The molecule has 2 aromatic carbocycles. The summed E-state index contributed by atoms with van der Waals surface area (Å²) in [5.41, 5.74) is 1.51. The van der Waals surface area contributed by atoms with Gasteiger partial charge in [0.05, 0.1) is 5.69 Å². The lowest BCUT2D eigenvalue weighted by Crippen LogP contribution is -2.26. The Hall–Kier alpha value is -2.82. The number of carbonyl (C=O) groups excluding carboxylic acids is 2. The van der Waals surface area contributed by atoms with E-state index in [0.29, 0.717) is 12.2 Å². The smallest absolute Gasteiger partial charge is 0.224 e. The molecule has 0 aliphatic rings. The summed E-state index contributed by atoms with van der Waals surface area (Å²) in [6.45, 7) is 0.546. The lowest BCUT2D eigenvalue weighted by Gasteiger charge is -2.07. The number of anilines is 1. The minimum atomic E-state index is -0.301. The van der Waals surface area contributed by atoms with Gasteiger partial charge < -0.3 is 15.7 Å². The first-order valence-electron chi connectivity index (χ1n) is 7.53. The Morgan fingerprint density at radius 3 is 2.26 bits per heavy atom. The van der Waals surface area contributed by atoms with E-state index in [0.717, 1.165) is 12.0 Å². The molecule has 0 radical (unpaired) electrons. The molecular weight excluding hydrogens is 292 g/mol. The van der Waals surface area contributed by atoms with E-state index in [-0.39, 0.29) is 30.4 Å². The van der Waals surface area contributed by atoms with Crippen molar-refractivity contribution in [3.8, 4) is 5.75 Å². The largest absolute Gasteiger partial charge is 0.506 e. The Morgan fingerprint density at radius 1 is 0.870 bits per heavy atom. The molecule has 0 heterocycles. The summed E-state index contributed by atoms with van der Waals surface area (Å²) in [5.74, 6) is -0.453. The van der Waals surface area contributed by atoms with Crippen molar-refractivity contribution in [2.75, 3.05) is 11.9 Å². The first-order chi connectivity index (χ1) is 11.1. The van der Waals surface area contributed by atoms with Crippen LogP contribution in [-0.2, 0) is 16.0 Å². The number of phenolic OH excluding ortho intramolecular Hbond substituents is 1. The molecule has 2 amide bonds. The summed E-state index contributed by atoms with van der Waals surface area (Å²) < 4.78 is 0. The minimum absolute atomic E-state index is 0.00756. The van der Waals surface area contributed by atoms with Crippen LogP contribution in [-0.4, -0.2) is 23.5 Å². The van der Waals surface area contributed by atoms with E-state index < -0.39 is 0 Å². The zero-order valence-corrected chi connectivity index (χ0v) is 12.8. The van der Waals surface area contributed by atoms with Crippen LogP contribution in [0.1, 0.15) is 18.4 Å². The molecule has 5 nitrogen and oxygen atoms in total. The highest BCUT2D eigenvalue weighted by atomic mass is 16.3. The van der Waals surface area contributed by atoms with E-state index in [1.54, 1.807) is 18.2 Å². The van der Waals surface area contributed by atoms with Gasteiger partial charge in [0, 0.05) is 19.4 Å². The summed E-state index contributed by atoms with van der Waals surface area (Å²) in [5, 5.41) is 14.9. The zero-order valence-electron chi connectivity index (χ0n) is 12.8. The number of aromatic hydroxyl groups is 1. The van der Waals surface area contributed by atoms with Crippen LogP contribution in [0.4, 0.5) is 5.69 Å². The van der Waals surface area contributed by atoms with Crippen LogP contribution in [0.2, 0.25) is 0 Å². The number of hydrogen-bond donors (Lipinski definition) is 3. The molecule has 0 aliphatic heterocycles. The molecule has 5 heteroatoms. The Kier molecular flexibility index (Phi) is 6.17. The molecule has 0 fully saturated rings. The van der Waals surface area contributed by atoms with Gasteiger partial charge in [-0.2, -0.15) is 0 Å². The van der Waals surface area contributed by atoms with Gasteiger partial charge in [-0.15, -0.1) is 0 Å². The highest BCUT2D eigenvalue weighted by molar-refractivity contribution is 5.94. The fourth-order valence-electron chi connectivity index (χ4n) is 2.10. The van der Waals surface area contributed by atoms with Crippen LogP contribution < -0.4 is 10.6 Å². The number of carbonyl (C=O) groups is 2. The summed E-state index contributed by atoms with van der Waals surface area (Å²) >= 11 is 0. The molecular formula is C18H20N2O3. The van der Waals surface area contributed by atoms with Gasteiger partial charge in [0.2, 0.25) is 11.8 Å². The van der Waals surface area contributed by atoms with Crippen molar-refractivity contribution in [1.29, 1.82) is 0 Å². The molecule has 120 valence electrons. The molecule has 0 aromatic heterocycles. The first-order valence-corrected chi connectivity index (χ1v) is 7.53. The fraction of sp³-hybridized carbons (Fsp3) is 0.222. The quantitative estimate of drug-likeness (QED) is 0.687. The number of phenols is 1. The molecule has 0 bridgehead atoms. The number of para-hydroxylation sites is 2. The van der Waals surface area contributed by atoms with E-state index >= 15 is 0 Å². The fourth-order valence-corrected chi connectivity index (χ4v) is 2.10. The van der Waals surface area contributed by atoms with Gasteiger partial charge in [0.15, 0.2) is 0 Å². The number of rotatable bonds is 7. The number of amides is 2. The van der Waals surface area contributed by atoms with Crippen molar-refractivity contribution in [1.82, 2.24) is 5.32 Å². The number of hydrogen-bond acceptors (Lipinski definition) is 3. The third-order valence-corrected chi connectivity index (χ3v) is 3.34. The molecule has 3 N–H and O–H groups in total. The van der Waals surface area contributed by atoms with Gasteiger partial charge in [0.25, 0.3) is 0 Å². The highest BCUT2D eigenvalue weighted by Gasteiger charge is 2.08. The van der Waals surface area contributed by atoms with Gasteiger partial charge in [-0.25, -0.2) is 0 Å². The predicted octanol–water partition coefficient (Wildman–Crippen LogP) is 2.47. The van der Waals surface area contributed by atoms with Gasteiger partial charge in [0.1, 0.15) is 5.75 Å². The molecule has 0 unspecified atom stereocenters. The van der Waals surface area contributed by atoms with Gasteiger partial charge >= 0.3 is 0 Å². The summed E-state index contributed by atoms with van der Waals surface area (Å²) in [6.07, 6.45) is 0.955. The van der Waals surface area contributed by atoms with E-state index in [4.69, 9.17) is 0 Å². The highest BCUT2D eigenvalue weighted by Crippen LogP contribution is 2.21. The van der Waals surface area contributed by atoms with Gasteiger partial charge in [-0.05, 0) is 24.1 Å². The van der Waals surface area contributed by atoms with Gasteiger partial charge in [-0.1, -0.05) is 42.5 Å². The van der Waals surface area contributed by atoms with Gasteiger partial charge in [-0.3, -0.25) is 9.59 Å². The topological polar surface area (TPSA) is 78.4 Å². The molecule has 0 atom stereocenters. The first kappa shape index (κ1) is 16.5. The van der Waals surface area contributed by atoms with E-state index in [1.165, 1.54) is 6.07 Å². The van der Waals surface area contributed by atoms with Crippen LogP contribution in [0.5, 0.6) is 5.75 Å². The molecule has 23 heavy (non-hydrogen) atoms. The summed E-state index contributed by atoms with van der Waals surface area (Å²) in [7, 11) is 0. The maximum atomic E-state index is 11.8. The van der Waals surface area contributed by atoms with Crippen LogP contribution in [0.25, 0.3) is 0 Å². The molecule has 0 aliphatic carbocycles. The Balaban J connectivity index is 1.66. The average Bonchev–Trinajstić information content (AvgIpc) is 2.56. The van der Waals surface area contributed by atoms with Crippen molar-refractivity contribution in [3.63, 3.8) is 0 Å². The maximum absolute atomic E-state index is 11.8. The Labute approximate surface area is 135 Å². The molecule has 0 spiro atoms. The Morgan fingerprint density at radius 2 is 1.52 bits per heavy atom. The van der Waals surface area contributed by atoms with Crippen molar-refractivity contribution < 1.29 is 14.7 Å². The van der Waals surface area contributed by atoms with Crippen molar-refractivity contribution in [3.05, 3.63) is 60.2 Å². The third-order valence-electron chi connectivity index (χ3n) is 3.34. The lowest BCUT2D eigenvalue weighted by atomic mass is 10.1. The molecule has 0 saturated carbocycles. The maximum Gasteiger partial charge on any atom is 0.224 e. The predicted molar refractivity (Wildman–Crippen MR) is 89.1 cm³/mol. The molecule has 2 aromatic rings. The van der Waals surface area contributed by atoms with Crippen LogP contribution in [0.3, 0.4) is 0 Å². The lowest BCUT2D eigenvalue weighted by molar-refractivity contribution is -0.124. The van der Waals surface area contributed by atoms with E-state index in [9.17, 15) is 14.7 Å². The summed E-state index contributed by atoms with van der Waals surface area (Å²) in [4.78, 5) is 23.5.